The van der Waals surface area contributed by atoms with Gasteiger partial charge in [-0.1, -0.05) is 11.6 Å². The minimum Gasteiger partial charge on any atom is -0.368 e. The van der Waals surface area contributed by atoms with E-state index < -0.39 is 27.9 Å². The highest BCUT2D eigenvalue weighted by atomic mass is 127. The zero-order chi connectivity index (χ0) is 24.2. The molecule has 1 fully saturated rings. The number of nitrogens with one attached hydrogen (secondary N) is 1. The molecule has 0 spiro atoms. The van der Waals surface area contributed by atoms with E-state index in [2.05, 4.69) is 15.0 Å². The zero-order valence-electron chi connectivity index (χ0n) is 18.3. The quantitative estimate of drug-likeness (QED) is 0.327. The molecule has 1 aromatic carbocycles. The van der Waals surface area contributed by atoms with E-state index in [0.717, 1.165) is 26.0 Å². The van der Waals surface area contributed by atoms with Gasteiger partial charge in [-0.25, -0.2) is 13.4 Å². The minimum absolute atomic E-state index is 0. The molecular formula is C21H20ClIN6O4S2. The number of sulfonamides is 1. The summed E-state index contributed by atoms with van der Waals surface area (Å²) in [5, 5.41) is 1.29. The smallest absolute Gasteiger partial charge is 0.283 e. The Balaban J connectivity index is 0.00000289. The van der Waals surface area contributed by atoms with Gasteiger partial charge in [0, 0.05) is 47.5 Å². The Labute approximate surface area is 226 Å². The molecule has 0 saturated carbocycles. The Morgan fingerprint density at radius 3 is 2.74 bits per heavy atom. The first-order valence-electron chi connectivity index (χ1n) is 10.3. The molecule has 5 rings (SSSR count). The van der Waals surface area contributed by atoms with Crippen LogP contribution in [0.4, 0.5) is 0 Å². The highest BCUT2D eigenvalue weighted by Crippen LogP contribution is 2.28. The molecule has 0 radical (unpaired) electrons. The lowest BCUT2D eigenvalue weighted by Gasteiger charge is -2.38. The SMILES string of the molecule is Cc1cc2nc(C(=O)N3CCN(S(=O)(=O)c4cc5cc(Cl)ccc5[nH]4)CC3C(N)=O)sc2cn1.I. The zero-order valence-corrected chi connectivity index (χ0v) is 23.0. The van der Waals surface area contributed by atoms with Crippen LogP contribution in [0.2, 0.25) is 5.02 Å². The van der Waals surface area contributed by atoms with Crippen LogP contribution in [0.1, 0.15) is 15.5 Å². The molecule has 3 aromatic heterocycles. The first-order valence-corrected chi connectivity index (χ1v) is 12.9. The van der Waals surface area contributed by atoms with Gasteiger partial charge in [0.05, 0.1) is 10.2 Å². The number of piperazine rings is 1. The molecule has 4 aromatic rings. The number of halogens is 2. The van der Waals surface area contributed by atoms with Gasteiger partial charge in [0.25, 0.3) is 15.9 Å². The van der Waals surface area contributed by atoms with Gasteiger partial charge in [0.1, 0.15) is 11.1 Å². The number of aryl methyl sites for hydroxylation is 1. The fourth-order valence-electron chi connectivity index (χ4n) is 3.97. The number of aromatic amines is 1. The molecule has 0 bridgehead atoms. The van der Waals surface area contributed by atoms with Gasteiger partial charge in [-0.15, -0.1) is 35.3 Å². The lowest BCUT2D eigenvalue weighted by atomic mass is 10.2. The van der Waals surface area contributed by atoms with E-state index in [-0.39, 0.29) is 53.6 Å². The number of hydrogen-bond acceptors (Lipinski definition) is 7. The van der Waals surface area contributed by atoms with Gasteiger partial charge in [-0.2, -0.15) is 4.31 Å². The maximum atomic E-state index is 13.3. The summed E-state index contributed by atoms with van der Waals surface area (Å²) in [7, 11) is -3.97. The molecule has 1 aliphatic rings. The van der Waals surface area contributed by atoms with Gasteiger partial charge in [0.15, 0.2) is 5.01 Å². The summed E-state index contributed by atoms with van der Waals surface area (Å²) in [6, 6.07) is 7.13. The van der Waals surface area contributed by atoms with Crippen LogP contribution in [0.15, 0.2) is 41.6 Å². The number of primary amides is 1. The van der Waals surface area contributed by atoms with Crippen molar-refractivity contribution in [1.82, 2.24) is 24.2 Å². The average molecular weight is 647 g/mol. The standard InChI is InChI=1S/C21H19ClN6O4S2.HI/c1-11-6-15-17(9-24-11)33-20(26-15)21(30)28-5-4-27(10-16(28)19(23)29)34(31,32)18-8-12-7-13(22)2-3-14(12)25-18;/h2-3,6-9,16,25H,4-5,10H2,1H3,(H2,23,29);1H. The molecule has 0 aliphatic carbocycles. The maximum Gasteiger partial charge on any atom is 0.283 e. The number of thiazole rings is 1. The predicted octanol–water partition coefficient (Wildman–Crippen LogP) is 2.75. The van der Waals surface area contributed by atoms with Crippen LogP contribution in [0.25, 0.3) is 21.1 Å². The van der Waals surface area contributed by atoms with Crippen LogP contribution in [-0.2, 0) is 14.8 Å². The molecule has 1 atom stereocenters. The van der Waals surface area contributed by atoms with Crippen molar-refractivity contribution < 1.29 is 18.0 Å². The lowest BCUT2D eigenvalue weighted by Crippen LogP contribution is -2.60. The van der Waals surface area contributed by atoms with Gasteiger partial charge in [0.2, 0.25) is 5.91 Å². The second kappa shape index (κ2) is 9.61. The van der Waals surface area contributed by atoms with E-state index in [1.807, 2.05) is 6.92 Å². The first kappa shape index (κ1) is 25.8. The normalized spacial score (nSPS) is 17.0. The number of pyridine rings is 1. The molecule has 2 amide bonds. The largest absolute Gasteiger partial charge is 0.368 e. The molecule has 1 unspecified atom stereocenters. The Morgan fingerprint density at radius 1 is 1.23 bits per heavy atom. The summed E-state index contributed by atoms with van der Waals surface area (Å²) in [5.41, 5.74) is 7.61. The fraction of sp³-hybridized carbons (Fsp3) is 0.238. The average Bonchev–Trinajstić information content (AvgIpc) is 3.42. The van der Waals surface area contributed by atoms with Crippen LogP contribution in [-0.4, -0.2) is 70.1 Å². The monoisotopic (exact) mass is 646 g/mol. The van der Waals surface area contributed by atoms with Crippen LogP contribution >= 0.6 is 46.9 Å². The van der Waals surface area contributed by atoms with Crippen molar-refractivity contribution in [3.05, 3.63) is 52.3 Å². The molecule has 1 saturated heterocycles. The van der Waals surface area contributed by atoms with E-state index >= 15 is 0 Å². The fourth-order valence-corrected chi connectivity index (χ4v) is 6.47. The summed E-state index contributed by atoms with van der Waals surface area (Å²) < 4.78 is 28.5. The van der Waals surface area contributed by atoms with Crippen molar-refractivity contribution in [3.63, 3.8) is 0 Å². The van der Waals surface area contributed by atoms with Crippen molar-refractivity contribution in [2.45, 2.75) is 18.0 Å². The van der Waals surface area contributed by atoms with Crippen LogP contribution in [0.3, 0.4) is 0 Å². The number of carbonyl (C=O) groups excluding carboxylic acids is 2. The summed E-state index contributed by atoms with van der Waals surface area (Å²) in [5.74, 6) is -1.27. The van der Waals surface area contributed by atoms with Gasteiger partial charge in [-0.05, 0) is 37.3 Å². The highest BCUT2D eigenvalue weighted by Gasteiger charge is 2.40. The van der Waals surface area contributed by atoms with Crippen LogP contribution in [0.5, 0.6) is 0 Å². The lowest BCUT2D eigenvalue weighted by molar-refractivity contribution is -0.123. The summed E-state index contributed by atoms with van der Waals surface area (Å²) in [6.07, 6.45) is 1.64. The summed E-state index contributed by atoms with van der Waals surface area (Å²) in [4.78, 5) is 38.2. The van der Waals surface area contributed by atoms with E-state index in [4.69, 9.17) is 17.3 Å². The van der Waals surface area contributed by atoms with Crippen molar-refractivity contribution in [1.29, 1.82) is 0 Å². The summed E-state index contributed by atoms with van der Waals surface area (Å²) >= 11 is 7.17. The second-order valence-electron chi connectivity index (χ2n) is 7.96. The molecular weight excluding hydrogens is 627 g/mol. The Morgan fingerprint density at radius 2 is 2.00 bits per heavy atom. The van der Waals surface area contributed by atoms with Crippen LogP contribution < -0.4 is 5.73 Å². The molecule has 184 valence electrons. The van der Waals surface area contributed by atoms with Crippen LogP contribution in [0, 0.1) is 6.92 Å². The van der Waals surface area contributed by atoms with E-state index in [1.165, 1.54) is 11.0 Å². The van der Waals surface area contributed by atoms with Crippen molar-refractivity contribution >= 4 is 89.9 Å². The number of aromatic nitrogens is 3. The minimum atomic E-state index is -3.97. The maximum absolute atomic E-state index is 13.3. The molecule has 14 heteroatoms. The topological polar surface area (TPSA) is 142 Å². The third-order valence-electron chi connectivity index (χ3n) is 5.70. The first-order chi connectivity index (χ1) is 16.1. The van der Waals surface area contributed by atoms with Gasteiger partial charge in [-0.3, -0.25) is 14.6 Å². The summed E-state index contributed by atoms with van der Waals surface area (Å²) in [6.45, 7) is 1.56. The number of H-pyrrole nitrogens is 1. The molecule has 1 aliphatic heterocycles. The number of nitrogens with zero attached hydrogens (tertiary/aromatic N) is 4. The third kappa shape index (κ3) is 4.74. The number of rotatable bonds is 4. The third-order valence-corrected chi connectivity index (χ3v) is 8.72. The Hall–Kier alpha value is -2.33. The predicted molar refractivity (Wildman–Crippen MR) is 144 cm³/mol. The van der Waals surface area contributed by atoms with Crippen molar-refractivity contribution in [3.8, 4) is 0 Å². The number of carbonyl (C=O) groups is 2. The molecule has 10 nitrogen and oxygen atoms in total. The van der Waals surface area contributed by atoms with Gasteiger partial charge < -0.3 is 15.6 Å². The number of amides is 2. The molecule has 35 heavy (non-hydrogen) atoms. The van der Waals surface area contributed by atoms with E-state index in [1.54, 1.807) is 30.5 Å². The Kier molecular flexibility index (Phi) is 7.07. The van der Waals surface area contributed by atoms with E-state index in [9.17, 15) is 18.0 Å². The number of nitrogens with two attached hydrogens (primary N) is 1. The number of hydrogen-bond donors (Lipinski definition) is 2. The van der Waals surface area contributed by atoms with E-state index in [0.29, 0.717) is 21.4 Å². The Bertz CT molecular complexity index is 1570. The molecule has 4 heterocycles. The van der Waals surface area contributed by atoms with Crippen molar-refractivity contribution in [2.24, 2.45) is 5.73 Å². The second-order valence-corrected chi connectivity index (χ2v) is 11.3. The molecule has 3 N–H and O–H groups in total. The van der Waals surface area contributed by atoms with Gasteiger partial charge >= 0.3 is 0 Å². The highest BCUT2D eigenvalue weighted by molar-refractivity contribution is 14.0. The number of fused-ring (bicyclic) bond motifs is 2. The van der Waals surface area contributed by atoms with Crippen molar-refractivity contribution in [2.75, 3.05) is 19.6 Å². The number of benzene rings is 1.